The van der Waals surface area contributed by atoms with E-state index < -0.39 is 0 Å². The topological polar surface area (TPSA) is 41.3 Å². The maximum atomic E-state index is 5.99. The maximum Gasteiger partial charge on any atom is 0.0111 e. The fraction of sp³-hybridized carbons (Fsp3) is 1.00. The molecule has 3 nitrogen and oxygen atoms in total. The van der Waals surface area contributed by atoms with Crippen molar-refractivity contribution >= 4 is 0 Å². The van der Waals surface area contributed by atoms with E-state index in [4.69, 9.17) is 5.73 Å². The van der Waals surface area contributed by atoms with Crippen molar-refractivity contribution < 1.29 is 0 Å². The third-order valence-corrected chi connectivity index (χ3v) is 3.36. The first kappa shape index (κ1) is 9.44. The van der Waals surface area contributed by atoms with Gasteiger partial charge in [0.15, 0.2) is 0 Å². The number of hydrogen-bond acceptors (Lipinski definition) is 3. The smallest absolute Gasteiger partial charge is 0.0111 e. The average molecular weight is 183 g/mol. The zero-order chi connectivity index (χ0) is 9.10. The van der Waals surface area contributed by atoms with Crippen LogP contribution in [0.25, 0.3) is 0 Å². The SMILES string of the molecule is NC1CCCC(N2CCNCC2)C1. The van der Waals surface area contributed by atoms with Crippen molar-refractivity contribution in [2.75, 3.05) is 26.2 Å². The molecule has 3 heteroatoms. The van der Waals surface area contributed by atoms with Crippen LogP contribution in [0.4, 0.5) is 0 Å². The number of rotatable bonds is 1. The van der Waals surface area contributed by atoms with Crippen LogP contribution in [0.15, 0.2) is 0 Å². The van der Waals surface area contributed by atoms with Gasteiger partial charge in [-0.05, 0) is 19.3 Å². The molecule has 2 aliphatic rings. The monoisotopic (exact) mass is 183 g/mol. The van der Waals surface area contributed by atoms with E-state index in [0.29, 0.717) is 6.04 Å². The molecule has 0 bridgehead atoms. The minimum Gasteiger partial charge on any atom is -0.328 e. The van der Waals surface area contributed by atoms with Crippen LogP contribution in [0.1, 0.15) is 25.7 Å². The molecule has 3 N–H and O–H groups in total. The Labute approximate surface area is 80.7 Å². The highest BCUT2D eigenvalue weighted by molar-refractivity contribution is 4.84. The number of hydrogen-bond donors (Lipinski definition) is 2. The van der Waals surface area contributed by atoms with E-state index >= 15 is 0 Å². The molecule has 0 aromatic carbocycles. The first-order valence-electron chi connectivity index (χ1n) is 5.56. The molecule has 0 aromatic rings. The van der Waals surface area contributed by atoms with Crippen LogP contribution in [0.3, 0.4) is 0 Å². The molecule has 13 heavy (non-hydrogen) atoms. The van der Waals surface area contributed by atoms with Gasteiger partial charge in [0.05, 0.1) is 0 Å². The lowest BCUT2D eigenvalue weighted by molar-refractivity contribution is 0.131. The first-order chi connectivity index (χ1) is 6.36. The maximum absolute atomic E-state index is 5.99. The second kappa shape index (κ2) is 4.40. The Morgan fingerprint density at radius 2 is 1.92 bits per heavy atom. The molecule has 2 fully saturated rings. The van der Waals surface area contributed by atoms with E-state index in [-0.39, 0.29) is 0 Å². The van der Waals surface area contributed by atoms with Gasteiger partial charge in [0, 0.05) is 38.3 Å². The van der Waals surface area contributed by atoms with E-state index in [0.717, 1.165) is 19.1 Å². The van der Waals surface area contributed by atoms with Crippen molar-refractivity contribution in [1.82, 2.24) is 10.2 Å². The van der Waals surface area contributed by atoms with Crippen molar-refractivity contribution in [3.05, 3.63) is 0 Å². The second-order valence-corrected chi connectivity index (χ2v) is 4.37. The number of piperazine rings is 1. The predicted molar refractivity (Wildman–Crippen MR) is 54.7 cm³/mol. The molecule has 0 radical (unpaired) electrons. The van der Waals surface area contributed by atoms with Crippen molar-refractivity contribution in [2.24, 2.45) is 5.73 Å². The Morgan fingerprint density at radius 1 is 1.15 bits per heavy atom. The molecule has 0 spiro atoms. The van der Waals surface area contributed by atoms with Gasteiger partial charge in [-0.2, -0.15) is 0 Å². The fourth-order valence-electron chi connectivity index (χ4n) is 2.58. The summed E-state index contributed by atoms with van der Waals surface area (Å²) in [5, 5.41) is 3.39. The number of nitrogens with two attached hydrogens (primary N) is 1. The van der Waals surface area contributed by atoms with Crippen molar-refractivity contribution in [2.45, 2.75) is 37.8 Å². The van der Waals surface area contributed by atoms with E-state index in [1.807, 2.05) is 0 Å². The molecule has 2 unspecified atom stereocenters. The normalized spacial score (nSPS) is 37.6. The summed E-state index contributed by atoms with van der Waals surface area (Å²) in [4.78, 5) is 2.62. The lowest BCUT2D eigenvalue weighted by atomic mass is 9.90. The number of nitrogens with one attached hydrogen (secondary N) is 1. The molecule has 76 valence electrons. The molecular weight excluding hydrogens is 162 g/mol. The van der Waals surface area contributed by atoms with Crippen LogP contribution >= 0.6 is 0 Å². The summed E-state index contributed by atoms with van der Waals surface area (Å²) in [6.07, 6.45) is 5.16. The van der Waals surface area contributed by atoms with Crippen LogP contribution in [0.5, 0.6) is 0 Å². The Hall–Kier alpha value is -0.120. The lowest BCUT2D eigenvalue weighted by Gasteiger charge is -2.38. The molecule has 2 atom stereocenters. The minimum atomic E-state index is 0.466. The van der Waals surface area contributed by atoms with Gasteiger partial charge >= 0.3 is 0 Å². The van der Waals surface area contributed by atoms with Crippen LogP contribution in [-0.4, -0.2) is 43.2 Å². The lowest BCUT2D eigenvalue weighted by Crippen LogP contribution is -2.51. The van der Waals surface area contributed by atoms with E-state index in [9.17, 15) is 0 Å². The summed E-state index contributed by atoms with van der Waals surface area (Å²) in [6, 6.07) is 1.25. The third kappa shape index (κ3) is 2.42. The third-order valence-electron chi connectivity index (χ3n) is 3.36. The zero-order valence-corrected chi connectivity index (χ0v) is 8.34. The highest BCUT2D eigenvalue weighted by Crippen LogP contribution is 2.21. The summed E-state index contributed by atoms with van der Waals surface area (Å²) >= 11 is 0. The van der Waals surface area contributed by atoms with Gasteiger partial charge in [-0.1, -0.05) is 6.42 Å². The summed E-state index contributed by atoms with van der Waals surface area (Å²) in [5.74, 6) is 0. The molecule has 0 aromatic heterocycles. The number of nitrogens with zero attached hydrogens (tertiary/aromatic N) is 1. The summed E-state index contributed by atoms with van der Waals surface area (Å²) in [5.41, 5.74) is 5.99. The molecule has 1 aliphatic heterocycles. The average Bonchev–Trinajstić information content (AvgIpc) is 2.19. The Balaban J connectivity index is 1.83. The summed E-state index contributed by atoms with van der Waals surface area (Å²) in [6.45, 7) is 4.76. The molecule has 1 saturated heterocycles. The first-order valence-corrected chi connectivity index (χ1v) is 5.56. The largest absolute Gasteiger partial charge is 0.328 e. The van der Waals surface area contributed by atoms with Gasteiger partial charge < -0.3 is 11.1 Å². The van der Waals surface area contributed by atoms with Gasteiger partial charge in [-0.25, -0.2) is 0 Å². The van der Waals surface area contributed by atoms with Crippen LogP contribution < -0.4 is 11.1 Å². The second-order valence-electron chi connectivity index (χ2n) is 4.37. The molecule has 0 amide bonds. The predicted octanol–water partition coefficient (Wildman–Crippen LogP) is 0.162. The van der Waals surface area contributed by atoms with Crippen molar-refractivity contribution in [1.29, 1.82) is 0 Å². The van der Waals surface area contributed by atoms with Crippen LogP contribution in [0, 0.1) is 0 Å². The molecular formula is C10H21N3. The molecule has 1 aliphatic carbocycles. The van der Waals surface area contributed by atoms with E-state index in [1.54, 1.807) is 0 Å². The molecule has 1 heterocycles. The summed E-state index contributed by atoms with van der Waals surface area (Å²) in [7, 11) is 0. The fourth-order valence-corrected chi connectivity index (χ4v) is 2.58. The Bertz CT molecular complexity index is 154. The van der Waals surface area contributed by atoms with E-state index in [2.05, 4.69) is 10.2 Å². The standard InChI is InChI=1S/C10H21N3/c11-9-2-1-3-10(8-9)13-6-4-12-5-7-13/h9-10,12H,1-8,11H2. The van der Waals surface area contributed by atoms with Gasteiger partial charge in [0.1, 0.15) is 0 Å². The van der Waals surface area contributed by atoms with Gasteiger partial charge in [-0.3, -0.25) is 4.90 Å². The van der Waals surface area contributed by atoms with Gasteiger partial charge in [0.25, 0.3) is 0 Å². The van der Waals surface area contributed by atoms with Crippen molar-refractivity contribution in [3.63, 3.8) is 0 Å². The Kier molecular flexibility index (Phi) is 3.19. The van der Waals surface area contributed by atoms with Gasteiger partial charge in [-0.15, -0.1) is 0 Å². The summed E-state index contributed by atoms with van der Waals surface area (Å²) < 4.78 is 0. The van der Waals surface area contributed by atoms with E-state index in [1.165, 1.54) is 38.8 Å². The zero-order valence-electron chi connectivity index (χ0n) is 8.34. The highest BCUT2D eigenvalue weighted by Gasteiger charge is 2.25. The molecule has 2 rings (SSSR count). The minimum absolute atomic E-state index is 0.466. The molecule has 1 saturated carbocycles. The highest BCUT2D eigenvalue weighted by atomic mass is 15.2. The van der Waals surface area contributed by atoms with Crippen LogP contribution in [0.2, 0.25) is 0 Å². The van der Waals surface area contributed by atoms with Gasteiger partial charge in [0.2, 0.25) is 0 Å². The van der Waals surface area contributed by atoms with Crippen molar-refractivity contribution in [3.8, 4) is 0 Å². The van der Waals surface area contributed by atoms with Crippen LogP contribution in [-0.2, 0) is 0 Å². The quantitative estimate of drug-likeness (QED) is 0.608. The Morgan fingerprint density at radius 3 is 2.62 bits per heavy atom.